The number of fused-ring (bicyclic) bond motifs is 3. The van der Waals surface area contributed by atoms with Gasteiger partial charge in [0.25, 0.3) is 0 Å². The van der Waals surface area contributed by atoms with E-state index in [0.29, 0.717) is 17.5 Å². The summed E-state index contributed by atoms with van der Waals surface area (Å²) in [5, 5.41) is 0.957. The first-order valence-electron chi connectivity index (χ1n) is 14.8. The predicted molar refractivity (Wildman–Crippen MR) is 180 cm³/mol. The van der Waals surface area contributed by atoms with Crippen molar-refractivity contribution in [3.8, 4) is 56.4 Å². The summed E-state index contributed by atoms with van der Waals surface area (Å²) in [4.78, 5) is 29.1. The molecule has 0 saturated carbocycles. The maximum Gasteiger partial charge on any atom is 0.164 e. The summed E-state index contributed by atoms with van der Waals surface area (Å²) in [6.07, 6.45) is 5.27. The molecule has 0 spiro atoms. The van der Waals surface area contributed by atoms with Gasteiger partial charge in [-0.15, -0.1) is 0 Å². The second-order valence-electron chi connectivity index (χ2n) is 11.0. The summed E-state index contributed by atoms with van der Waals surface area (Å²) in [6.45, 7) is 2.10. The SMILES string of the molecule is Cc1ccc(-c2cc(-c3nc(-c4ccccc4)nc(-c4ccccc4)n3)cc(-c3cc4nccnc4c4cccnc34)c2)cc1. The smallest absolute Gasteiger partial charge is 0.164 e. The second-order valence-corrected chi connectivity index (χ2v) is 11.0. The minimum atomic E-state index is 0.593. The number of pyridine rings is 1. The van der Waals surface area contributed by atoms with Crippen molar-refractivity contribution in [1.82, 2.24) is 29.9 Å². The van der Waals surface area contributed by atoms with Gasteiger partial charge < -0.3 is 0 Å². The number of aromatic nitrogens is 6. The first-order valence-corrected chi connectivity index (χ1v) is 14.8. The minimum absolute atomic E-state index is 0.593. The molecule has 0 aliphatic heterocycles. The Balaban J connectivity index is 1.41. The van der Waals surface area contributed by atoms with Crippen molar-refractivity contribution in [2.24, 2.45) is 0 Å². The van der Waals surface area contributed by atoms with E-state index in [2.05, 4.69) is 71.5 Å². The highest BCUT2D eigenvalue weighted by atomic mass is 15.0. The van der Waals surface area contributed by atoms with Gasteiger partial charge in [-0.05, 0) is 60.0 Å². The van der Waals surface area contributed by atoms with E-state index in [0.717, 1.165) is 60.9 Å². The van der Waals surface area contributed by atoms with Crippen molar-refractivity contribution < 1.29 is 0 Å². The summed E-state index contributed by atoms with van der Waals surface area (Å²) in [5.74, 6) is 1.83. The Hall–Kier alpha value is -6.14. The molecule has 0 unspecified atom stereocenters. The highest BCUT2D eigenvalue weighted by Crippen LogP contribution is 2.37. The molecule has 0 aliphatic rings. The van der Waals surface area contributed by atoms with Crippen LogP contribution < -0.4 is 0 Å². The first-order chi connectivity index (χ1) is 22.2. The van der Waals surface area contributed by atoms with Gasteiger partial charge in [-0.25, -0.2) is 15.0 Å². The average Bonchev–Trinajstić information content (AvgIpc) is 3.12. The van der Waals surface area contributed by atoms with Crippen LogP contribution in [0.4, 0.5) is 0 Å². The Bertz CT molecular complexity index is 2260. The fourth-order valence-electron chi connectivity index (χ4n) is 5.66. The molecule has 212 valence electrons. The molecule has 0 N–H and O–H groups in total. The zero-order valence-electron chi connectivity index (χ0n) is 24.5. The summed E-state index contributed by atoms with van der Waals surface area (Å²) >= 11 is 0. The van der Waals surface area contributed by atoms with Crippen molar-refractivity contribution >= 4 is 21.9 Å². The quantitative estimate of drug-likeness (QED) is 0.190. The minimum Gasteiger partial charge on any atom is -0.256 e. The van der Waals surface area contributed by atoms with Crippen molar-refractivity contribution in [3.63, 3.8) is 0 Å². The Labute approximate surface area is 260 Å². The highest BCUT2D eigenvalue weighted by molar-refractivity contribution is 6.09. The van der Waals surface area contributed by atoms with E-state index < -0.39 is 0 Å². The molecule has 6 nitrogen and oxygen atoms in total. The molecule has 45 heavy (non-hydrogen) atoms. The summed E-state index contributed by atoms with van der Waals surface area (Å²) in [6, 6.07) is 41.2. The number of hydrogen-bond acceptors (Lipinski definition) is 6. The molecular weight excluding hydrogens is 552 g/mol. The second kappa shape index (κ2) is 11.2. The van der Waals surface area contributed by atoms with Crippen molar-refractivity contribution in [2.45, 2.75) is 6.92 Å². The van der Waals surface area contributed by atoms with E-state index in [-0.39, 0.29) is 0 Å². The standard InChI is InChI=1S/C39H26N6/c1-25-14-16-26(17-15-25)29-21-30(33-24-34-36(42-20-19-40-34)32-13-8-18-41-35(32)33)23-31(22-29)39-44-37(27-9-4-2-5-10-27)43-38(45-39)28-11-6-3-7-12-28/h2-24H,1H3. The molecule has 5 aromatic carbocycles. The number of nitrogens with zero attached hydrogens (tertiary/aromatic N) is 6. The van der Waals surface area contributed by atoms with Crippen LogP contribution in [0.1, 0.15) is 5.56 Å². The lowest BCUT2D eigenvalue weighted by Gasteiger charge is -2.14. The van der Waals surface area contributed by atoms with Crippen LogP contribution in [0.3, 0.4) is 0 Å². The highest BCUT2D eigenvalue weighted by Gasteiger charge is 2.17. The molecule has 0 aliphatic carbocycles. The number of hydrogen-bond donors (Lipinski definition) is 0. The Kier molecular flexibility index (Phi) is 6.57. The van der Waals surface area contributed by atoms with Crippen molar-refractivity contribution in [2.75, 3.05) is 0 Å². The average molecular weight is 579 g/mol. The van der Waals surface area contributed by atoms with Gasteiger partial charge in [0.1, 0.15) is 0 Å². The van der Waals surface area contributed by atoms with Crippen LogP contribution in [0.15, 0.2) is 140 Å². The molecule has 0 atom stereocenters. The summed E-state index contributed by atoms with van der Waals surface area (Å²) in [7, 11) is 0. The third kappa shape index (κ3) is 5.08. The van der Waals surface area contributed by atoms with Gasteiger partial charge in [-0.1, -0.05) is 90.5 Å². The number of rotatable bonds is 5. The third-order valence-electron chi connectivity index (χ3n) is 7.91. The van der Waals surface area contributed by atoms with Gasteiger partial charge in [0.2, 0.25) is 0 Å². The molecule has 3 aromatic heterocycles. The fourth-order valence-corrected chi connectivity index (χ4v) is 5.66. The van der Waals surface area contributed by atoms with E-state index in [1.54, 1.807) is 12.4 Å². The van der Waals surface area contributed by atoms with Gasteiger partial charge in [0.15, 0.2) is 17.5 Å². The number of aryl methyl sites for hydroxylation is 1. The first kappa shape index (κ1) is 26.5. The molecule has 0 amide bonds. The largest absolute Gasteiger partial charge is 0.256 e. The van der Waals surface area contributed by atoms with Gasteiger partial charge in [-0.2, -0.15) is 0 Å². The Morgan fingerprint density at radius 2 is 0.978 bits per heavy atom. The van der Waals surface area contributed by atoms with Crippen LogP contribution in [-0.2, 0) is 0 Å². The van der Waals surface area contributed by atoms with Gasteiger partial charge in [-0.3, -0.25) is 15.0 Å². The Morgan fingerprint density at radius 1 is 0.400 bits per heavy atom. The van der Waals surface area contributed by atoms with Crippen molar-refractivity contribution in [3.05, 3.63) is 145 Å². The molecular formula is C39H26N6. The maximum absolute atomic E-state index is 5.04. The van der Waals surface area contributed by atoms with E-state index in [1.165, 1.54) is 5.56 Å². The number of benzene rings is 5. The molecule has 0 bridgehead atoms. The van der Waals surface area contributed by atoms with E-state index in [1.807, 2.05) is 72.9 Å². The van der Waals surface area contributed by atoms with Crippen LogP contribution in [0.5, 0.6) is 0 Å². The molecule has 8 aromatic rings. The fraction of sp³-hybridized carbons (Fsp3) is 0.0256. The van der Waals surface area contributed by atoms with Crippen LogP contribution in [0.25, 0.3) is 78.4 Å². The van der Waals surface area contributed by atoms with Crippen LogP contribution in [0.2, 0.25) is 0 Å². The van der Waals surface area contributed by atoms with Crippen LogP contribution in [0, 0.1) is 6.92 Å². The lowest BCUT2D eigenvalue weighted by molar-refractivity contribution is 1.07. The van der Waals surface area contributed by atoms with E-state index >= 15 is 0 Å². The molecule has 0 fully saturated rings. The molecule has 3 heterocycles. The predicted octanol–water partition coefficient (Wildman–Crippen LogP) is 9.01. The van der Waals surface area contributed by atoms with Crippen molar-refractivity contribution in [1.29, 1.82) is 0 Å². The lowest BCUT2D eigenvalue weighted by Crippen LogP contribution is -2.00. The molecule has 8 rings (SSSR count). The Morgan fingerprint density at radius 3 is 1.67 bits per heavy atom. The molecule has 0 saturated heterocycles. The third-order valence-corrected chi connectivity index (χ3v) is 7.91. The van der Waals surface area contributed by atoms with Gasteiger partial charge >= 0.3 is 0 Å². The monoisotopic (exact) mass is 578 g/mol. The normalized spacial score (nSPS) is 11.2. The van der Waals surface area contributed by atoms with E-state index in [9.17, 15) is 0 Å². The zero-order valence-corrected chi connectivity index (χ0v) is 24.5. The zero-order chi connectivity index (χ0) is 30.2. The summed E-state index contributed by atoms with van der Waals surface area (Å²) in [5.41, 5.74) is 10.5. The molecule has 6 heteroatoms. The summed E-state index contributed by atoms with van der Waals surface area (Å²) < 4.78 is 0. The topological polar surface area (TPSA) is 77.3 Å². The van der Waals surface area contributed by atoms with Crippen LogP contribution in [-0.4, -0.2) is 29.9 Å². The van der Waals surface area contributed by atoms with Gasteiger partial charge in [0.05, 0.1) is 16.6 Å². The molecule has 0 radical (unpaired) electrons. The maximum atomic E-state index is 5.04. The van der Waals surface area contributed by atoms with E-state index in [4.69, 9.17) is 19.9 Å². The van der Waals surface area contributed by atoms with Crippen LogP contribution >= 0.6 is 0 Å². The van der Waals surface area contributed by atoms with Gasteiger partial charge in [0, 0.05) is 46.2 Å². The lowest BCUT2D eigenvalue weighted by atomic mass is 9.93.